The van der Waals surface area contributed by atoms with Gasteiger partial charge in [0.1, 0.15) is 15.9 Å². The molecule has 18 heavy (non-hydrogen) atoms. The topological polar surface area (TPSA) is 66.4 Å². The predicted molar refractivity (Wildman–Crippen MR) is 63.1 cm³/mol. The van der Waals surface area contributed by atoms with E-state index in [1.807, 2.05) is 6.92 Å². The second-order valence-electron chi connectivity index (χ2n) is 3.49. The molecule has 0 amide bonds. The van der Waals surface area contributed by atoms with E-state index in [2.05, 4.69) is 0 Å². The molecule has 0 aliphatic heterocycles. The summed E-state index contributed by atoms with van der Waals surface area (Å²) < 4.78 is 38.7. The van der Waals surface area contributed by atoms with Crippen LogP contribution in [-0.4, -0.2) is 19.6 Å². The second-order valence-corrected chi connectivity index (χ2v) is 4.84. The first-order valence-corrected chi connectivity index (χ1v) is 6.55. The molecule has 2 aromatic carbocycles. The number of benzene rings is 2. The van der Waals surface area contributed by atoms with Gasteiger partial charge in [0.25, 0.3) is 0 Å². The number of ether oxygens (including phenoxy) is 1. The Hall–Kier alpha value is -0.590. The van der Waals surface area contributed by atoms with E-state index in [1.54, 1.807) is 24.3 Å². The summed E-state index contributed by atoms with van der Waals surface area (Å²) in [5.74, 6) is 0.579. The van der Waals surface area contributed by atoms with E-state index in [0.717, 1.165) is 0 Å². The first-order valence-electron chi connectivity index (χ1n) is 5.14. The number of fused-ring (bicyclic) bond motifs is 1. The van der Waals surface area contributed by atoms with Crippen molar-refractivity contribution < 1.29 is 47.3 Å². The van der Waals surface area contributed by atoms with Crippen LogP contribution in [0, 0.1) is 0 Å². The van der Waals surface area contributed by atoms with Crippen LogP contribution in [0.3, 0.4) is 0 Å². The van der Waals surface area contributed by atoms with Crippen molar-refractivity contribution in [2.45, 2.75) is 11.8 Å². The molecule has 0 aliphatic rings. The van der Waals surface area contributed by atoms with Crippen LogP contribution in [0.5, 0.6) is 5.75 Å². The molecule has 0 radical (unpaired) electrons. The summed E-state index contributed by atoms with van der Waals surface area (Å²) in [5, 5.41) is 1.03. The molecule has 0 saturated carbocycles. The van der Waals surface area contributed by atoms with Crippen LogP contribution < -0.4 is 34.3 Å². The van der Waals surface area contributed by atoms with Crippen molar-refractivity contribution in [2.24, 2.45) is 0 Å². The van der Waals surface area contributed by atoms with Crippen molar-refractivity contribution >= 4 is 20.9 Å². The third-order valence-electron chi connectivity index (χ3n) is 2.41. The minimum Gasteiger partial charge on any atom is -0.744 e. The fourth-order valence-corrected chi connectivity index (χ4v) is 2.43. The average Bonchev–Trinajstić information content (AvgIpc) is 2.28. The monoisotopic (exact) mass is 274 g/mol. The fourth-order valence-electron chi connectivity index (χ4n) is 1.74. The summed E-state index contributed by atoms with van der Waals surface area (Å²) >= 11 is 0. The van der Waals surface area contributed by atoms with Crippen LogP contribution in [-0.2, 0) is 10.1 Å². The van der Waals surface area contributed by atoms with Crippen LogP contribution in [0.4, 0.5) is 0 Å². The van der Waals surface area contributed by atoms with Crippen molar-refractivity contribution in [1.29, 1.82) is 0 Å². The minimum atomic E-state index is -4.47. The van der Waals surface area contributed by atoms with Gasteiger partial charge in [0.15, 0.2) is 0 Å². The number of rotatable bonds is 3. The van der Waals surface area contributed by atoms with Crippen molar-refractivity contribution in [3.05, 3.63) is 36.4 Å². The first-order chi connectivity index (χ1) is 8.04. The minimum absolute atomic E-state index is 0. The van der Waals surface area contributed by atoms with Gasteiger partial charge in [-0.1, -0.05) is 24.3 Å². The molecule has 0 unspecified atom stereocenters. The smallest absolute Gasteiger partial charge is 0.744 e. The van der Waals surface area contributed by atoms with Crippen molar-refractivity contribution in [2.75, 3.05) is 6.61 Å². The van der Waals surface area contributed by atoms with Crippen LogP contribution in [0.2, 0.25) is 0 Å². The van der Waals surface area contributed by atoms with Gasteiger partial charge in [0.2, 0.25) is 0 Å². The van der Waals surface area contributed by atoms with Gasteiger partial charge in [-0.25, -0.2) is 8.42 Å². The molecule has 2 aromatic rings. The van der Waals surface area contributed by atoms with Gasteiger partial charge in [-0.2, -0.15) is 0 Å². The molecular weight excluding hydrogens is 263 g/mol. The Morgan fingerprint density at radius 2 is 1.72 bits per heavy atom. The van der Waals surface area contributed by atoms with Crippen LogP contribution in [0.15, 0.2) is 41.3 Å². The number of hydrogen-bond acceptors (Lipinski definition) is 4. The Bertz CT molecular complexity index is 652. The first kappa shape index (κ1) is 15.5. The van der Waals surface area contributed by atoms with Gasteiger partial charge in [-0.15, -0.1) is 0 Å². The molecule has 0 saturated heterocycles. The molecule has 0 fully saturated rings. The Labute approximate surface area is 128 Å². The molecule has 0 N–H and O–H groups in total. The fraction of sp³-hybridized carbons (Fsp3) is 0.167. The molecule has 6 heteroatoms. The van der Waals surface area contributed by atoms with Gasteiger partial charge in [-0.3, -0.25) is 0 Å². The van der Waals surface area contributed by atoms with Crippen LogP contribution in [0.1, 0.15) is 6.92 Å². The molecular formula is C12H11NaO4S. The summed E-state index contributed by atoms with van der Waals surface area (Å²) in [6.07, 6.45) is 0. The van der Waals surface area contributed by atoms with E-state index in [4.69, 9.17) is 4.74 Å². The van der Waals surface area contributed by atoms with Crippen molar-refractivity contribution in [1.82, 2.24) is 0 Å². The Balaban J connectivity index is 0.00000162. The Morgan fingerprint density at radius 1 is 1.11 bits per heavy atom. The zero-order valence-corrected chi connectivity index (χ0v) is 13.0. The van der Waals surface area contributed by atoms with Crippen molar-refractivity contribution in [3.8, 4) is 5.75 Å². The molecule has 0 spiro atoms. The summed E-state index contributed by atoms with van der Waals surface area (Å²) in [5.41, 5.74) is 0. The maximum Gasteiger partial charge on any atom is 1.00 e. The van der Waals surface area contributed by atoms with Gasteiger partial charge < -0.3 is 9.29 Å². The molecule has 0 aromatic heterocycles. The van der Waals surface area contributed by atoms with Gasteiger partial charge >= 0.3 is 29.6 Å². The molecule has 2 rings (SSSR count). The normalized spacial score (nSPS) is 11.0. The van der Waals surface area contributed by atoms with E-state index in [0.29, 0.717) is 23.1 Å². The van der Waals surface area contributed by atoms with E-state index in [9.17, 15) is 13.0 Å². The van der Waals surface area contributed by atoms with Gasteiger partial charge in [-0.05, 0) is 19.1 Å². The number of hydrogen-bond donors (Lipinski definition) is 0. The molecule has 4 nitrogen and oxygen atoms in total. The molecule has 0 bridgehead atoms. The van der Waals surface area contributed by atoms with E-state index in [-0.39, 0.29) is 34.5 Å². The second kappa shape index (κ2) is 6.04. The quantitative estimate of drug-likeness (QED) is 0.540. The molecule has 0 atom stereocenters. The van der Waals surface area contributed by atoms with E-state index >= 15 is 0 Å². The maximum absolute atomic E-state index is 11.1. The molecule has 90 valence electrons. The van der Waals surface area contributed by atoms with Crippen molar-refractivity contribution in [3.63, 3.8) is 0 Å². The summed E-state index contributed by atoms with van der Waals surface area (Å²) in [4.78, 5) is -0.212. The summed E-state index contributed by atoms with van der Waals surface area (Å²) in [7, 11) is -4.47. The standard InChI is InChI=1S/C12H12O4S.Na/c1-2-16-11-7-8-12(17(13,14)15)10-6-4-3-5-9(10)11;/h3-8H,2H2,1H3,(H,13,14,15);/q;+1/p-1. The zero-order chi connectivity index (χ0) is 12.5. The zero-order valence-electron chi connectivity index (χ0n) is 10.2. The molecule has 0 heterocycles. The maximum atomic E-state index is 11.1. The predicted octanol–water partition coefficient (Wildman–Crippen LogP) is -0.853. The van der Waals surface area contributed by atoms with Gasteiger partial charge in [0, 0.05) is 10.8 Å². The Kier molecular flexibility index (Phi) is 5.19. The average molecular weight is 274 g/mol. The van der Waals surface area contributed by atoms with Crippen LogP contribution >= 0.6 is 0 Å². The van der Waals surface area contributed by atoms with E-state index in [1.165, 1.54) is 12.1 Å². The van der Waals surface area contributed by atoms with E-state index < -0.39 is 10.1 Å². The summed E-state index contributed by atoms with van der Waals surface area (Å²) in [6, 6.07) is 9.59. The largest absolute Gasteiger partial charge is 1.00 e. The third kappa shape index (κ3) is 3.05. The SMILES string of the molecule is CCOc1ccc(S(=O)(=O)[O-])c2ccccc12.[Na+]. The van der Waals surface area contributed by atoms with Crippen LogP contribution in [0.25, 0.3) is 10.8 Å². The third-order valence-corrected chi connectivity index (χ3v) is 3.31. The van der Waals surface area contributed by atoms with Gasteiger partial charge in [0.05, 0.1) is 11.5 Å². The molecule has 0 aliphatic carbocycles. The Morgan fingerprint density at radius 3 is 2.28 bits per heavy atom. The summed E-state index contributed by atoms with van der Waals surface area (Å²) in [6.45, 7) is 2.32.